The number of benzene rings is 3. The number of aliphatic carboxylic acids is 1. The normalized spacial score (nSPS) is 12.0. The van der Waals surface area contributed by atoms with Crippen LogP contribution >= 0.6 is 31.9 Å². The van der Waals surface area contributed by atoms with E-state index in [2.05, 4.69) is 37.0 Å². The summed E-state index contributed by atoms with van der Waals surface area (Å²) in [6.45, 7) is 1.71. The summed E-state index contributed by atoms with van der Waals surface area (Å²) in [4.78, 5) is 16.0. The number of oxime groups is 1. The molecule has 1 atom stereocenters. The summed E-state index contributed by atoms with van der Waals surface area (Å²) in [6, 6.07) is 18.5. The average molecular weight is 563 g/mol. The topological polar surface area (TPSA) is 88.4 Å². The summed E-state index contributed by atoms with van der Waals surface area (Å²) in [5, 5.41) is 23.0. The predicted molar refractivity (Wildman–Crippen MR) is 130 cm³/mol. The van der Waals surface area contributed by atoms with Crippen LogP contribution in [-0.2, 0) is 16.1 Å². The van der Waals surface area contributed by atoms with Crippen LogP contribution in [-0.4, -0.2) is 28.5 Å². The zero-order chi connectivity index (χ0) is 23.1. The first-order valence-electron chi connectivity index (χ1n) is 9.82. The lowest BCUT2D eigenvalue weighted by Crippen LogP contribution is -2.20. The summed E-state index contributed by atoms with van der Waals surface area (Å²) in [5.41, 5.74) is 2.53. The highest BCUT2D eigenvalue weighted by Crippen LogP contribution is 2.38. The second-order valence-electron chi connectivity index (χ2n) is 6.94. The SMILES string of the molecule is CCC(O/N=C\c1cc(Br)c(Oc2ccc(O)c(Cc3ccccc3)c2)c(Br)c1)C(=O)O. The van der Waals surface area contributed by atoms with Crippen molar-refractivity contribution in [2.75, 3.05) is 0 Å². The van der Waals surface area contributed by atoms with Crippen LogP contribution < -0.4 is 4.74 Å². The molecule has 166 valence electrons. The fourth-order valence-corrected chi connectivity index (χ4v) is 4.29. The van der Waals surface area contributed by atoms with Gasteiger partial charge in [-0.2, -0.15) is 0 Å². The van der Waals surface area contributed by atoms with E-state index in [0.717, 1.165) is 11.1 Å². The molecule has 0 aliphatic rings. The van der Waals surface area contributed by atoms with E-state index < -0.39 is 12.1 Å². The van der Waals surface area contributed by atoms with Crippen molar-refractivity contribution in [3.8, 4) is 17.2 Å². The molecule has 0 fully saturated rings. The Morgan fingerprint density at radius 1 is 1.09 bits per heavy atom. The standard InChI is InChI=1S/C24H21Br2NO5/c1-2-22(24(29)30)32-27-14-16-11-19(25)23(20(26)12-16)31-18-8-9-21(28)17(13-18)10-15-6-4-3-5-7-15/h3-9,11-14,22,28H,2,10H2,1H3,(H,29,30)/b27-14-. The molecule has 0 aliphatic carbocycles. The van der Waals surface area contributed by atoms with Crippen LogP contribution in [0.4, 0.5) is 0 Å². The van der Waals surface area contributed by atoms with Crippen molar-refractivity contribution in [1.29, 1.82) is 0 Å². The molecule has 3 aromatic rings. The van der Waals surface area contributed by atoms with E-state index in [9.17, 15) is 9.90 Å². The van der Waals surface area contributed by atoms with Gasteiger partial charge in [0, 0.05) is 12.0 Å². The van der Waals surface area contributed by atoms with Crippen LogP contribution in [0.2, 0.25) is 0 Å². The summed E-state index contributed by atoms with van der Waals surface area (Å²) in [5.74, 6) is 0.275. The maximum absolute atomic E-state index is 11.0. The van der Waals surface area contributed by atoms with Gasteiger partial charge in [-0.15, -0.1) is 0 Å². The van der Waals surface area contributed by atoms with E-state index in [4.69, 9.17) is 14.7 Å². The van der Waals surface area contributed by atoms with Crippen LogP contribution in [0.5, 0.6) is 17.2 Å². The van der Waals surface area contributed by atoms with E-state index in [1.807, 2.05) is 30.3 Å². The molecule has 0 radical (unpaired) electrons. The number of carboxylic acid groups (broad SMARTS) is 1. The highest BCUT2D eigenvalue weighted by molar-refractivity contribution is 9.11. The molecule has 8 heteroatoms. The van der Waals surface area contributed by atoms with Crippen molar-refractivity contribution in [3.05, 3.63) is 86.3 Å². The van der Waals surface area contributed by atoms with Gasteiger partial charge in [-0.25, -0.2) is 4.79 Å². The van der Waals surface area contributed by atoms with E-state index >= 15 is 0 Å². The predicted octanol–water partition coefficient (Wildman–Crippen LogP) is 6.51. The van der Waals surface area contributed by atoms with Crippen LogP contribution in [0, 0.1) is 0 Å². The lowest BCUT2D eigenvalue weighted by molar-refractivity contribution is -0.150. The number of halogens is 2. The van der Waals surface area contributed by atoms with Gasteiger partial charge in [0.2, 0.25) is 6.10 Å². The number of hydrogen-bond donors (Lipinski definition) is 2. The highest BCUT2D eigenvalue weighted by Gasteiger charge is 2.16. The fraction of sp³-hybridized carbons (Fsp3) is 0.167. The molecule has 2 N–H and O–H groups in total. The maximum Gasteiger partial charge on any atom is 0.347 e. The number of carboxylic acids is 1. The number of phenolic OH excluding ortho intramolecular Hbond substituents is 1. The monoisotopic (exact) mass is 561 g/mol. The molecule has 0 saturated carbocycles. The molecule has 0 aliphatic heterocycles. The van der Waals surface area contributed by atoms with E-state index in [0.29, 0.717) is 38.8 Å². The third-order valence-electron chi connectivity index (χ3n) is 4.56. The Bertz CT molecular complexity index is 1100. The van der Waals surface area contributed by atoms with Crippen LogP contribution in [0.1, 0.15) is 30.0 Å². The molecule has 32 heavy (non-hydrogen) atoms. The molecular weight excluding hydrogens is 542 g/mol. The molecule has 0 spiro atoms. The van der Waals surface area contributed by atoms with E-state index in [1.165, 1.54) is 6.21 Å². The van der Waals surface area contributed by atoms with Gasteiger partial charge in [-0.3, -0.25) is 0 Å². The zero-order valence-electron chi connectivity index (χ0n) is 17.2. The van der Waals surface area contributed by atoms with Gasteiger partial charge in [0.05, 0.1) is 15.2 Å². The molecule has 3 rings (SSSR count). The summed E-state index contributed by atoms with van der Waals surface area (Å²) < 4.78 is 7.39. The second kappa shape index (κ2) is 11.2. The summed E-state index contributed by atoms with van der Waals surface area (Å²) >= 11 is 7.00. The van der Waals surface area contributed by atoms with Crippen molar-refractivity contribution in [1.82, 2.24) is 0 Å². The minimum Gasteiger partial charge on any atom is -0.508 e. The minimum atomic E-state index is -1.06. The number of rotatable bonds is 9. The Kier molecular flexibility index (Phi) is 8.30. The van der Waals surface area contributed by atoms with Crippen LogP contribution in [0.25, 0.3) is 0 Å². The molecule has 0 amide bonds. The molecule has 6 nitrogen and oxygen atoms in total. The third-order valence-corrected chi connectivity index (χ3v) is 5.74. The van der Waals surface area contributed by atoms with Crippen molar-refractivity contribution >= 4 is 44.0 Å². The van der Waals surface area contributed by atoms with Crippen molar-refractivity contribution in [2.45, 2.75) is 25.9 Å². The summed E-state index contributed by atoms with van der Waals surface area (Å²) in [6.07, 6.45) is 1.34. The average Bonchev–Trinajstić information content (AvgIpc) is 2.76. The quantitative estimate of drug-likeness (QED) is 0.229. The van der Waals surface area contributed by atoms with Crippen LogP contribution in [0.15, 0.2) is 74.8 Å². The zero-order valence-corrected chi connectivity index (χ0v) is 20.3. The Morgan fingerprint density at radius 2 is 1.78 bits per heavy atom. The molecular formula is C24H21Br2NO5. The van der Waals surface area contributed by atoms with Gasteiger partial charge < -0.3 is 19.8 Å². The van der Waals surface area contributed by atoms with Gasteiger partial charge in [-0.1, -0.05) is 42.4 Å². The lowest BCUT2D eigenvalue weighted by Gasteiger charge is -2.13. The Morgan fingerprint density at radius 3 is 2.41 bits per heavy atom. The van der Waals surface area contributed by atoms with Gasteiger partial charge in [0.1, 0.15) is 11.5 Å². The van der Waals surface area contributed by atoms with Gasteiger partial charge in [0.15, 0.2) is 5.75 Å². The van der Waals surface area contributed by atoms with Crippen molar-refractivity contribution < 1.29 is 24.6 Å². The summed E-state index contributed by atoms with van der Waals surface area (Å²) in [7, 11) is 0. The first kappa shape index (κ1) is 23.8. The molecule has 0 bridgehead atoms. The van der Waals surface area contributed by atoms with E-state index in [-0.39, 0.29) is 5.75 Å². The van der Waals surface area contributed by atoms with Gasteiger partial charge in [-0.05, 0) is 79.7 Å². The minimum absolute atomic E-state index is 0.206. The van der Waals surface area contributed by atoms with Crippen molar-refractivity contribution in [2.24, 2.45) is 5.16 Å². The third kappa shape index (κ3) is 6.34. The smallest absolute Gasteiger partial charge is 0.347 e. The van der Waals surface area contributed by atoms with Crippen LogP contribution in [0.3, 0.4) is 0 Å². The number of carbonyl (C=O) groups is 1. The number of ether oxygens (including phenoxy) is 1. The molecule has 3 aromatic carbocycles. The van der Waals surface area contributed by atoms with Gasteiger partial charge >= 0.3 is 5.97 Å². The molecule has 0 aromatic heterocycles. The fourth-order valence-electron chi connectivity index (χ4n) is 2.91. The first-order chi connectivity index (χ1) is 15.4. The molecule has 0 heterocycles. The number of phenols is 1. The largest absolute Gasteiger partial charge is 0.508 e. The highest BCUT2D eigenvalue weighted by atomic mass is 79.9. The molecule has 0 saturated heterocycles. The molecule has 1 unspecified atom stereocenters. The van der Waals surface area contributed by atoms with Crippen molar-refractivity contribution in [3.63, 3.8) is 0 Å². The number of hydrogen-bond acceptors (Lipinski definition) is 5. The van der Waals surface area contributed by atoms with E-state index in [1.54, 1.807) is 37.3 Å². The Labute approximate surface area is 202 Å². The number of nitrogens with zero attached hydrogens (tertiary/aromatic N) is 1. The van der Waals surface area contributed by atoms with Gasteiger partial charge in [0.25, 0.3) is 0 Å². The Hall–Kier alpha value is -2.84. The number of aromatic hydroxyl groups is 1. The lowest BCUT2D eigenvalue weighted by atomic mass is 10.0. The maximum atomic E-state index is 11.0. The second-order valence-corrected chi connectivity index (χ2v) is 8.65. The Balaban J connectivity index is 1.76. The first-order valence-corrected chi connectivity index (χ1v) is 11.4.